The first-order valence-electron chi connectivity index (χ1n) is 7.99. The number of methoxy groups -OCH3 is 1. The molecule has 0 aliphatic carbocycles. The quantitative estimate of drug-likeness (QED) is 0.848. The number of ether oxygens (including phenoxy) is 1. The summed E-state index contributed by atoms with van der Waals surface area (Å²) < 4.78 is 5.09. The van der Waals surface area contributed by atoms with E-state index in [9.17, 15) is 9.90 Å². The standard InChI is InChI=1S/C20H22N2O3/c1-20(2,16-6-4-5-14(11-16)12-21)19(24)22-13-18(23)15-7-9-17(25-3)10-8-15/h4-11,18,23H,13H2,1-3H3,(H,22,24)/t18-/m1/s1. The fourth-order valence-corrected chi connectivity index (χ4v) is 2.46. The zero-order valence-corrected chi connectivity index (χ0v) is 14.6. The highest BCUT2D eigenvalue weighted by atomic mass is 16.5. The van der Waals surface area contributed by atoms with Crippen molar-refractivity contribution in [2.75, 3.05) is 13.7 Å². The van der Waals surface area contributed by atoms with E-state index in [1.165, 1.54) is 0 Å². The summed E-state index contributed by atoms with van der Waals surface area (Å²) in [5.74, 6) is 0.494. The Morgan fingerprint density at radius 1 is 1.28 bits per heavy atom. The topological polar surface area (TPSA) is 82.3 Å². The molecule has 2 rings (SSSR count). The second kappa shape index (κ2) is 7.82. The van der Waals surface area contributed by atoms with Gasteiger partial charge in [0.1, 0.15) is 5.75 Å². The van der Waals surface area contributed by atoms with E-state index >= 15 is 0 Å². The SMILES string of the molecule is COc1ccc([C@H](O)CNC(=O)C(C)(C)c2cccc(C#N)c2)cc1. The summed E-state index contributed by atoms with van der Waals surface area (Å²) in [5.41, 5.74) is 1.15. The number of aliphatic hydroxyl groups excluding tert-OH is 1. The molecule has 2 aromatic carbocycles. The normalized spacial score (nSPS) is 12.1. The molecule has 130 valence electrons. The van der Waals surface area contributed by atoms with Crippen molar-refractivity contribution in [1.29, 1.82) is 5.26 Å². The maximum Gasteiger partial charge on any atom is 0.230 e. The molecule has 5 heteroatoms. The number of aliphatic hydroxyl groups is 1. The number of hydrogen-bond donors (Lipinski definition) is 2. The first kappa shape index (κ1) is 18.5. The molecular formula is C20H22N2O3. The van der Waals surface area contributed by atoms with E-state index in [1.54, 1.807) is 63.4 Å². The molecule has 0 aromatic heterocycles. The Bertz CT molecular complexity index is 776. The van der Waals surface area contributed by atoms with Gasteiger partial charge in [-0.05, 0) is 49.2 Å². The van der Waals surface area contributed by atoms with Crippen LogP contribution in [0, 0.1) is 11.3 Å². The lowest BCUT2D eigenvalue weighted by Gasteiger charge is -2.25. The Morgan fingerprint density at radius 3 is 2.56 bits per heavy atom. The molecule has 0 fully saturated rings. The van der Waals surface area contributed by atoms with Gasteiger partial charge in [0.2, 0.25) is 5.91 Å². The molecule has 0 radical (unpaired) electrons. The van der Waals surface area contributed by atoms with Crippen LogP contribution in [-0.2, 0) is 10.2 Å². The second-order valence-corrected chi connectivity index (χ2v) is 6.32. The molecular weight excluding hydrogens is 316 g/mol. The van der Waals surface area contributed by atoms with Gasteiger partial charge in [-0.25, -0.2) is 0 Å². The van der Waals surface area contributed by atoms with Gasteiger partial charge in [0.15, 0.2) is 0 Å². The lowest BCUT2D eigenvalue weighted by Crippen LogP contribution is -2.41. The molecule has 0 saturated heterocycles. The number of carbonyl (C=O) groups is 1. The number of nitrogens with one attached hydrogen (secondary N) is 1. The summed E-state index contributed by atoms with van der Waals surface area (Å²) in [6, 6.07) is 16.1. The van der Waals surface area contributed by atoms with Gasteiger partial charge < -0.3 is 15.2 Å². The minimum absolute atomic E-state index is 0.104. The first-order valence-corrected chi connectivity index (χ1v) is 7.99. The lowest BCUT2D eigenvalue weighted by atomic mass is 9.83. The second-order valence-electron chi connectivity index (χ2n) is 6.32. The van der Waals surface area contributed by atoms with E-state index in [2.05, 4.69) is 11.4 Å². The predicted octanol–water partition coefficient (Wildman–Crippen LogP) is 2.69. The highest BCUT2D eigenvalue weighted by Gasteiger charge is 2.30. The summed E-state index contributed by atoms with van der Waals surface area (Å²) in [4.78, 5) is 12.6. The average Bonchev–Trinajstić information content (AvgIpc) is 2.65. The van der Waals surface area contributed by atoms with Crippen LogP contribution in [0.1, 0.15) is 36.6 Å². The number of rotatable bonds is 6. The lowest BCUT2D eigenvalue weighted by molar-refractivity contribution is -0.126. The van der Waals surface area contributed by atoms with Crippen molar-refractivity contribution >= 4 is 5.91 Å². The van der Waals surface area contributed by atoms with E-state index in [0.717, 1.165) is 5.56 Å². The predicted molar refractivity (Wildman–Crippen MR) is 95.1 cm³/mol. The highest BCUT2D eigenvalue weighted by molar-refractivity contribution is 5.87. The molecule has 25 heavy (non-hydrogen) atoms. The van der Waals surface area contributed by atoms with Crippen molar-refractivity contribution < 1.29 is 14.6 Å². The summed E-state index contributed by atoms with van der Waals surface area (Å²) in [5, 5.41) is 22.0. The Hall–Kier alpha value is -2.84. The van der Waals surface area contributed by atoms with Crippen LogP contribution < -0.4 is 10.1 Å². The maximum atomic E-state index is 12.6. The summed E-state index contributed by atoms with van der Waals surface area (Å²) >= 11 is 0. The van der Waals surface area contributed by atoms with Crippen LogP contribution in [0.4, 0.5) is 0 Å². The Morgan fingerprint density at radius 2 is 1.96 bits per heavy atom. The third-order valence-corrected chi connectivity index (χ3v) is 4.24. The largest absolute Gasteiger partial charge is 0.497 e. The number of benzene rings is 2. The average molecular weight is 338 g/mol. The molecule has 2 N–H and O–H groups in total. The minimum Gasteiger partial charge on any atom is -0.497 e. The molecule has 0 aliphatic rings. The number of carbonyl (C=O) groups excluding carboxylic acids is 1. The van der Waals surface area contributed by atoms with E-state index in [4.69, 9.17) is 10.00 Å². The number of nitriles is 1. The van der Waals surface area contributed by atoms with Crippen LogP contribution in [0.3, 0.4) is 0 Å². The van der Waals surface area contributed by atoms with Gasteiger partial charge in [-0.2, -0.15) is 5.26 Å². The third-order valence-electron chi connectivity index (χ3n) is 4.24. The van der Waals surface area contributed by atoms with Crippen LogP contribution in [0.15, 0.2) is 48.5 Å². The molecule has 5 nitrogen and oxygen atoms in total. The van der Waals surface area contributed by atoms with Gasteiger partial charge in [0, 0.05) is 6.54 Å². The van der Waals surface area contributed by atoms with Gasteiger partial charge in [-0.1, -0.05) is 24.3 Å². The molecule has 1 amide bonds. The molecule has 0 heterocycles. The summed E-state index contributed by atoms with van der Waals surface area (Å²) in [6.07, 6.45) is -0.809. The van der Waals surface area contributed by atoms with Crippen molar-refractivity contribution in [3.05, 3.63) is 65.2 Å². The number of nitrogens with zero attached hydrogens (tertiary/aromatic N) is 1. The molecule has 0 spiro atoms. The Balaban J connectivity index is 2.03. The molecule has 0 bridgehead atoms. The Labute approximate surface area is 147 Å². The van der Waals surface area contributed by atoms with Crippen molar-refractivity contribution in [2.24, 2.45) is 0 Å². The van der Waals surface area contributed by atoms with Crippen LogP contribution in [0.5, 0.6) is 5.75 Å². The fraction of sp³-hybridized carbons (Fsp3) is 0.300. The molecule has 0 unspecified atom stereocenters. The van der Waals surface area contributed by atoms with E-state index in [1.807, 2.05) is 6.07 Å². The van der Waals surface area contributed by atoms with Gasteiger partial charge in [-0.15, -0.1) is 0 Å². The van der Waals surface area contributed by atoms with Gasteiger partial charge >= 0.3 is 0 Å². The van der Waals surface area contributed by atoms with Crippen LogP contribution in [0.2, 0.25) is 0 Å². The van der Waals surface area contributed by atoms with Crippen molar-refractivity contribution in [3.63, 3.8) is 0 Å². The van der Waals surface area contributed by atoms with Crippen molar-refractivity contribution in [2.45, 2.75) is 25.4 Å². The third kappa shape index (κ3) is 4.37. The first-order chi connectivity index (χ1) is 11.9. The zero-order chi connectivity index (χ0) is 18.4. The van der Waals surface area contributed by atoms with Gasteiger partial charge in [0.25, 0.3) is 0 Å². The maximum absolute atomic E-state index is 12.6. The van der Waals surface area contributed by atoms with E-state index < -0.39 is 11.5 Å². The summed E-state index contributed by atoms with van der Waals surface area (Å²) in [6.45, 7) is 3.68. The highest BCUT2D eigenvalue weighted by Crippen LogP contribution is 2.24. The zero-order valence-electron chi connectivity index (χ0n) is 14.6. The molecule has 0 saturated carbocycles. The van der Waals surface area contributed by atoms with Crippen LogP contribution in [0.25, 0.3) is 0 Å². The minimum atomic E-state index is -0.813. The Kier molecular flexibility index (Phi) is 5.79. The molecule has 0 aliphatic heterocycles. The molecule has 1 atom stereocenters. The van der Waals surface area contributed by atoms with Gasteiger partial charge in [-0.3, -0.25) is 4.79 Å². The fourth-order valence-electron chi connectivity index (χ4n) is 2.46. The monoisotopic (exact) mass is 338 g/mol. The van der Waals surface area contributed by atoms with Gasteiger partial charge in [0.05, 0.1) is 30.3 Å². The molecule has 2 aromatic rings. The van der Waals surface area contributed by atoms with Crippen molar-refractivity contribution in [3.8, 4) is 11.8 Å². The van der Waals surface area contributed by atoms with E-state index in [0.29, 0.717) is 16.9 Å². The number of hydrogen-bond acceptors (Lipinski definition) is 4. The van der Waals surface area contributed by atoms with Crippen LogP contribution >= 0.6 is 0 Å². The van der Waals surface area contributed by atoms with E-state index in [-0.39, 0.29) is 12.5 Å². The number of amides is 1. The summed E-state index contributed by atoms with van der Waals surface area (Å²) in [7, 11) is 1.58. The van der Waals surface area contributed by atoms with Crippen LogP contribution in [-0.4, -0.2) is 24.7 Å². The van der Waals surface area contributed by atoms with Crippen molar-refractivity contribution in [1.82, 2.24) is 5.32 Å². The smallest absolute Gasteiger partial charge is 0.230 e.